The molecule has 7 heterocycles. The number of anilines is 2. The molecule has 0 saturated carbocycles. The largest absolute Gasteiger partial charge is 0.560 e. The third-order valence-corrected chi connectivity index (χ3v) is 13.3. The molecule has 7 amide bonds. The Labute approximate surface area is 432 Å². The maximum Gasteiger partial charge on any atom is 0.560 e. The number of piperazine rings is 2. The molecule has 1 N–H and O–H groups in total. The van der Waals surface area contributed by atoms with Gasteiger partial charge in [0, 0.05) is 141 Å². The van der Waals surface area contributed by atoms with Gasteiger partial charge < -0.3 is 34.3 Å². The molecule has 416 valence electrons. The van der Waals surface area contributed by atoms with Gasteiger partial charge in [0.05, 0.1) is 37.6 Å². The van der Waals surface area contributed by atoms with E-state index in [2.05, 4.69) is 26.8 Å². The molecule has 0 aliphatic carbocycles. The van der Waals surface area contributed by atoms with Crippen LogP contribution < -0.4 is 15.1 Å². The van der Waals surface area contributed by atoms with Gasteiger partial charge in [0.15, 0.2) is 0 Å². The van der Waals surface area contributed by atoms with Crippen LogP contribution in [0.1, 0.15) is 74.6 Å². The molecule has 7 fully saturated rings. The van der Waals surface area contributed by atoms with Gasteiger partial charge in [0.1, 0.15) is 0 Å². The van der Waals surface area contributed by atoms with Crippen LogP contribution in [0.2, 0.25) is 0 Å². The van der Waals surface area contributed by atoms with Gasteiger partial charge in [-0.25, -0.2) is 4.79 Å². The molecule has 2 atom stereocenters. The summed E-state index contributed by atoms with van der Waals surface area (Å²) in [6.07, 6.45) is -11.4. The molecule has 22 nitrogen and oxygen atoms in total. The number of ether oxygens (including phenoxy) is 2. The summed E-state index contributed by atoms with van der Waals surface area (Å²) in [6.45, 7) is 11.8. The van der Waals surface area contributed by atoms with Crippen molar-refractivity contribution in [3.05, 3.63) is 58.7 Å². The third-order valence-electron chi connectivity index (χ3n) is 13.3. The zero-order valence-electron chi connectivity index (χ0n) is 41.8. The molecule has 0 aromatic heterocycles. The third kappa shape index (κ3) is 14.9. The van der Waals surface area contributed by atoms with Crippen molar-refractivity contribution < 1.29 is 88.7 Å². The number of benzene rings is 2. The summed E-state index contributed by atoms with van der Waals surface area (Å²) in [5, 5.41) is 4.32. The fraction of sp³-hybridized carbons (Fsp3) is 0.583. The first kappa shape index (κ1) is 57.1. The number of carbonyl (C=O) groups is 8. The molecule has 0 spiro atoms. The number of amides is 7. The van der Waals surface area contributed by atoms with Gasteiger partial charge in [-0.3, -0.25) is 48.2 Å². The summed E-state index contributed by atoms with van der Waals surface area (Å²) in [6, 6.07) is 9.09. The van der Waals surface area contributed by atoms with Gasteiger partial charge >= 0.3 is 24.6 Å². The predicted molar refractivity (Wildman–Crippen MR) is 250 cm³/mol. The van der Waals surface area contributed by atoms with Crippen molar-refractivity contribution in [2.75, 3.05) is 102 Å². The molecule has 2 aromatic carbocycles. The molecule has 76 heavy (non-hydrogen) atoms. The maximum atomic E-state index is 13.9. The Balaban J connectivity index is 0.000000175. The first-order valence-corrected chi connectivity index (χ1v) is 24.7. The molecule has 7 saturated heterocycles. The lowest BCUT2D eigenvalue weighted by Crippen LogP contribution is -2.55. The summed E-state index contributed by atoms with van der Waals surface area (Å²) in [5.74, 6) is -3.87. The molecule has 0 unspecified atom stereocenters. The second kappa shape index (κ2) is 25.0. The average molecular weight is 1080 g/mol. The second-order valence-electron chi connectivity index (χ2n) is 18.8. The van der Waals surface area contributed by atoms with Crippen LogP contribution in [-0.4, -0.2) is 182 Å². The molecule has 7 aliphatic rings. The van der Waals surface area contributed by atoms with Crippen LogP contribution in [0.25, 0.3) is 0 Å². The second-order valence-corrected chi connectivity index (χ2v) is 18.8. The average Bonchev–Trinajstić information content (AvgIpc) is 4.00. The summed E-state index contributed by atoms with van der Waals surface area (Å²) in [4.78, 5) is 114. The number of rotatable bonds is 9. The zero-order valence-corrected chi connectivity index (χ0v) is 41.8. The number of hydrogen-bond donors (Lipinski definition) is 1. The molecule has 9 rings (SSSR count). The Kier molecular flexibility index (Phi) is 18.8. The smallest absolute Gasteiger partial charge is 0.378 e. The number of imide groups is 3. The van der Waals surface area contributed by atoms with E-state index in [4.69, 9.17) is 14.3 Å². The van der Waals surface area contributed by atoms with Crippen molar-refractivity contribution in [3.63, 3.8) is 0 Å². The first-order valence-electron chi connectivity index (χ1n) is 24.7. The van der Waals surface area contributed by atoms with Crippen molar-refractivity contribution in [1.29, 1.82) is 0 Å². The Morgan fingerprint density at radius 1 is 0.553 bits per heavy atom. The monoisotopic (exact) mass is 1080 g/mol. The number of halogens is 6. The Bertz CT molecular complexity index is 2400. The van der Waals surface area contributed by atoms with Gasteiger partial charge in [-0.2, -0.15) is 31.1 Å². The van der Waals surface area contributed by atoms with Gasteiger partial charge in [0.2, 0.25) is 0 Å². The molecular formula is C48H59F6N9O13. The van der Waals surface area contributed by atoms with Crippen LogP contribution >= 0.6 is 0 Å². The number of hydroxylamine groups is 6. The standard InChI is InChI=1S/C22H27F3N4O5.C17H24F3N3O.C9H8N2O7/c1-15-13-26(6-7-28(15)21(32)34-29-19(30)4-5-20(29)31)14-16-2-3-17(12-18(16)22(23,24)25)27-8-10-33-11-9-27;1-13-11-22(5-4-21-13)12-14-2-3-15(10-16(14)17(18,19)20)23-6-8-24-9-7-23;12-5-1-2-6(13)10(5)17-9(16)18-11-7(14)3-4-8(11)15/h2-3,12,15H,4-11,13-14H2,1H3;2-3,10,13,21H,4-9,11-12H2,1H3;1-4H2/t15-;13-;/m00./s1. The summed E-state index contributed by atoms with van der Waals surface area (Å²) in [5.41, 5.74) is 0.485. The highest BCUT2D eigenvalue weighted by atomic mass is 19.4. The highest BCUT2D eigenvalue weighted by Gasteiger charge is 2.40. The van der Waals surface area contributed by atoms with Crippen LogP contribution in [0.4, 0.5) is 47.3 Å². The van der Waals surface area contributed by atoms with Gasteiger partial charge in [0.25, 0.3) is 35.4 Å². The lowest BCUT2D eigenvalue weighted by atomic mass is 10.0. The van der Waals surface area contributed by atoms with Crippen molar-refractivity contribution >= 4 is 59.1 Å². The molecule has 0 radical (unpaired) electrons. The van der Waals surface area contributed by atoms with Gasteiger partial charge in [-0.15, -0.1) is 5.06 Å². The van der Waals surface area contributed by atoms with E-state index in [9.17, 15) is 64.7 Å². The van der Waals surface area contributed by atoms with Crippen LogP contribution in [-0.2, 0) is 78.2 Å². The number of morpholine rings is 2. The van der Waals surface area contributed by atoms with E-state index < -0.39 is 71.2 Å². The summed E-state index contributed by atoms with van der Waals surface area (Å²) >= 11 is 0. The van der Waals surface area contributed by atoms with E-state index in [-0.39, 0.29) is 73.3 Å². The first-order chi connectivity index (χ1) is 36.0. The lowest BCUT2D eigenvalue weighted by Gasteiger charge is -2.39. The predicted octanol–water partition coefficient (Wildman–Crippen LogP) is 3.85. The summed E-state index contributed by atoms with van der Waals surface area (Å²) < 4.78 is 92.8. The molecule has 28 heteroatoms. The number of nitrogens with zero attached hydrogens (tertiary/aromatic N) is 8. The Morgan fingerprint density at radius 2 is 0.947 bits per heavy atom. The zero-order chi connectivity index (χ0) is 54.9. The fourth-order valence-corrected chi connectivity index (χ4v) is 9.32. The minimum Gasteiger partial charge on any atom is -0.378 e. The van der Waals surface area contributed by atoms with E-state index in [0.717, 1.165) is 19.6 Å². The number of hydrogen-bond acceptors (Lipinski definition) is 18. The van der Waals surface area contributed by atoms with Crippen LogP contribution in [0.5, 0.6) is 0 Å². The topological polar surface area (TPSA) is 221 Å². The maximum absolute atomic E-state index is 13.9. The van der Waals surface area contributed by atoms with Crippen molar-refractivity contribution in [1.82, 2.24) is 35.2 Å². The van der Waals surface area contributed by atoms with Crippen LogP contribution in [0.3, 0.4) is 0 Å². The van der Waals surface area contributed by atoms with Crippen LogP contribution in [0.15, 0.2) is 36.4 Å². The highest BCUT2D eigenvalue weighted by molar-refractivity contribution is 6.03. The molecular weight excluding hydrogens is 1020 g/mol. The Morgan fingerprint density at radius 3 is 1.33 bits per heavy atom. The van der Waals surface area contributed by atoms with E-state index in [1.54, 1.807) is 19.1 Å². The normalized spacial score (nSPS) is 22.2. The lowest BCUT2D eigenvalue weighted by molar-refractivity contribution is -0.198. The quantitative estimate of drug-likeness (QED) is 0.278. The van der Waals surface area contributed by atoms with E-state index >= 15 is 0 Å². The molecule has 2 aromatic rings. The molecule has 0 bridgehead atoms. The van der Waals surface area contributed by atoms with Gasteiger partial charge in [-0.05, 0) is 49.2 Å². The number of alkyl halides is 6. The SMILES string of the molecule is C[C@H]1CN(Cc2ccc(N3CCOCC3)cc2C(F)(F)F)CCN1.C[C@H]1CN(Cc2ccc(N3CCOCC3)cc2C(F)(F)F)CCN1C(=O)ON1C(=O)CCC1=O.O=C(ON1C(=O)CCC1=O)ON1C(=O)CCC1=O. The minimum atomic E-state index is -4.50. The fourth-order valence-electron chi connectivity index (χ4n) is 9.32. The Hall–Kier alpha value is -6.62. The van der Waals surface area contributed by atoms with Crippen molar-refractivity contribution in [2.24, 2.45) is 0 Å². The minimum absolute atomic E-state index is 0.00130. The van der Waals surface area contributed by atoms with E-state index in [1.807, 2.05) is 20.8 Å². The highest BCUT2D eigenvalue weighted by Crippen LogP contribution is 2.37. The summed E-state index contributed by atoms with van der Waals surface area (Å²) in [7, 11) is 0. The number of carbonyl (C=O) groups excluding carboxylic acids is 8. The van der Waals surface area contributed by atoms with Crippen molar-refractivity contribution in [3.8, 4) is 0 Å². The van der Waals surface area contributed by atoms with Crippen LogP contribution in [0, 0.1) is 0 Å². The molecule has 7 aliphatic heterocycles. The van der Waals surface area contributed by atoms with Gasteiger partial charge in [-0.1, -0.05) is 22.3 Å². The number of nitrogens with one attached hydrogen (secondary N) is 1. The van der Waals surface area contributed by atoms with E-state index in [0.29, 0.717) is 100 Å². The van der Waals surface area contributed by atoms with Crippen molar-refractivity contribution in [2.45, 2.75) is 89.9 Å². The van der Waals surface area contributed by atoms with E-state index in [1.165, 1.54) is 23.1 Å².